The number of nitrogens with one attached hydrogen (secondary N) is 3. The van der Waals surface area contributed by atoms with Crippen molar-refractivity contribution in [3.8, 4) is 11.8 Å². The molecule has 44 heavy (non-hydrogen) atoms. The molecule has 0 aliphatic carbocycles. The van der Waals surface area contributed by atoms with Gasteiger partial charge in [-0.15, -0.1) is 0 Å². The molecule has 0 radical (unpaired) electrons. The van der Waals surface area contributed by atoms with Crippen LogP contribution in [-0.2, 0) is 23.7 Å². The number of carbonyl (C=O) groups excluding carboxylic acids is 1. The van der Waals surface area contributed by atoms with Crippen LogP contribution in [0.1, 0.15) is 29.4 Å². The lowest BCUT2D eigenvalue weighted by atomic mass is 10.0. The number of carbonyl (C=O) groups is 1. The highest BCUT2D eigenvalue weighted by molar-refractivity contribution is 6.14. The molecule has 234 valence electrons. The molecule has 15 heteroatoms. The average Bonchev–Trinajstić information content (AvgIpc) is 2.96. The van der Waals surface area contributed by atoms with Crippen molar-refractivity contribution >= 4 is 29.3 Å². The number of aliphatic imine (C=N–C) groups is 1. The van der Waals surface area contributed by atoms with E-state index in [4.69, 9.17) is 5.41 Å². The number of hydrogen-bond donors (Lipinski definition) is 3. The van der Waals surface area contributed by atoms with Crippen LogP contribution >= 0.6 is 0 Å². The van der Waals surface area contributed by atoms with Crippen molar-refractivity contribution in [2.75, 3.05) is 50.9 Å². The van der Waals surface area contributed by atoms with Gasteiger partial charge < -0.3 is 15.5 Å². The molecule has 1 aliphatic heterocycles. The van der Waals surface area contributed by atoms with Crippen LogP contribution in [0.25, 0.3) is 0 Å². The standard InChI is InChI=1S/C29H30F6N8O/c1-18(5-8-24(36)22-16-39-27(29(33,34)35)41-25(22)37-3)14-38-15-19(2)26(44)40-21-7-6-20(23(13-21)28(30,31)32)17-43-11-9-42(4)10-12-43/h6-7,13-16,36H,1,9-12,17H2,2-4H3,(H,40,44)(H,37,39,41)/b19-15+,36-24?,38-14?. The Morgan fingerprint density at radius 3 is 2.43 bits per heavy atom. The zero-order valence-electron chi connectivity index (χ0n) is 24.1. The predicted octanol–water partition coefficient (Wildman–Crippen LogP) is 4.84. The number of allylic oxidation sites excluding steroid dienone is 1. The zero-order chi connectivity index (χ0) is 32.7. The number of anilines is 2. The van der Waals surface area contributed by atoms with E-state index in [-0.39, 0.29) is 46.0 Å². The summed E-state index contributed by atoms with van der Waals surface area (Å²) >= 11 is 0. The van der Waals surface area contributed by atoms with E-state index in [2.05, 4.69) is 48.9 Å². The van der Waals surface area contributed by atoms with Crippen molar-refractivity contribution < 1.29 is 31.1 Å². The molecule has 9 nitrogen and oxygen atoms in total. The van der Waals surface area contributed by atoms with Crippen molar-refractivity contribution in [2.24, 2.45) is 4.99 Å². The van der Waals surface area contributed by atoms with E-state index in [0.717, 1.165) is 31.6 Å². The van der Waals surface area contributed by atoms with Crippen molar-refractivity contribution in [3.05, 3.63) is 70.8 Å². The van der Waals surface area contributed by atoms with Crippen molar-refractivity contribution in [1.82, 2.24) is 19.8 Å². The van der Waals surface area contributed by atoms with E-state index in [9.17, 15) is 31.1 Å². The lowest BCUT2D eigenvalue weighted by molar-refractivity contribution is -0.145. The summed E-state index contributed by atoms with van der Waals surface area (Å²) in [6.45, 7) is 8.05. The fraction of sp³-hybridized carbons (Fsp3) is 0.345. The molecular weight excluding hydrogens is 590 g/mol. The van der Waals surface area contributed by atoms with E-state index >= 15 is 0 Å². The van der Waals surface area contributed by atoms with Crippen molar-refractivity contribution in [3.63, 3.8) is 0 Å². The molecule has 0 bridgehead atoms. The fourth-order valence-electron chi connectivity index (χ4n) is 3.96. The number of alkyl halides is 6. The second kappa shape index (κ2) is 14.3. The number of aromatic nitrogens is 2. The van der Waals surface area contributed by atoms with Crippen LogP contribution in [0.3, 0.4) is 0 Å². The molecule has 1 amide bonds. The highest BCUT2D eigenvalue weighted by Gasteiger charge is 2.36. The van der Waals surface area contributed by atoms with Gasteiger partial charge in [-0.3, -0.25) is 20.1 Å². The Morgan fingerprint density at radius 1 is 1.14 bits per heavy atom. The average molecular weight is 621 g/mol. The lowest BCUT2D eigenvalue weighted by Crippen LogP contribution is -2.44. The summed E-state index contributed by atoms with van der Waals surface area (Å²) in [7, 11) is 3.30. The van der Waals surface area contributed by atoms with Crippen molar-refractivity contribution in [1.29, 1.82) is 5.41 Å². The Labute approximate surface area is 250 Å². The van der Waals surface area contributed by atoms with E-state index in [1.807, 2.05) is 11.9 Å². The molecule has 2 aromatic rings. The van der Waals surface area contributed by atoms with Gasteiger partial charge in [-0.1, -0.05) is 18.6 Å². The second-order valence-electron chi connectivity index (χ2n) is 9.85. The van der Waals surface area contributed by atoms with Gasteiger partial charge in [-0.2, -0.15) is 26.3 Å². The van der Waals surface area contributed by atoms with Crippen LogP contribution in [0.15, 0.2) is 53.3 Å². The molecular formula is C29H30F6N8O. The Hall–Kier alpha value is -4.55. The first-order valence-corrected chi connectivity index (χ1v) is 13.1. The molecule has 1 saturated heterocycles. The van der Waals surface area contributed by atoms with Gasteiger partial charge in [-0.25, -0.2) is 9.97 Å². The van der Waals surface area contributed by atoms with Gasteiger partial charge in [-0.05, 0) is 37.6 Å². The number of rotatable bonds is 8. The van der Waals surface area contributed by atoms with E-state index < -0.39 is 29.6 Å². The SMILES string of the molecule is C=C(C#CC(=N)c1cnc(C(F)(F)F)nc1NC)C=N/C=C(\C)C(=O)Nc1ccc(CN2CCN(C)CC2)c(C(F)(F)F)c1. The third kappa shape index (κ3) is 9.48. The quantitative estimate of drug-likeness (QED) is 0.169. The maximum absolute atomic E-state index is 13.8. The summed E-state index contributed by atoms with van der Waals surface area (Å²) < 4.78 is 80.0. The first kappa shape index (κ1) is 33.9. The molecule has 1 fully saturated rings. The van der Waals surface area contributed by atoms with Crippen LogP contribution in [0.2, 0.25) is 0 Å². The minimum absolute atomic E-state index is 0.0249. The van der Waals surface area contributed by atoms with Crippen LogP contribution in [0, 0.1) is 17.3 Å². The zero-order valence-corrected chi connectivity index (χ0v) is 24.1. The number of hydrogen-bond acceptors (Lipinski definition) is 8. The Kier molecular flexibility index (Phi) is 11.0. The smallest absolute Gasteiger partial charge is 0.372 e. The predicted molar refractivity (Wildman–Crippen MR) is 155 cm³/mol. The summed E-state index contributed by atoms with van der Waals surface area (Å²) in [6, 6.07) is 3.70. The van der Waals surface area contributed by atoms with E-state index in [0.29, 0.717) is 13.1 Å². The Morgan fingerprint density at radius 2 is 1.82 bits per heavy atom. The number of likely N-dealkylation sites (N-methyl/N-ethyl adjacent to an activating group) is 1. The van der Waals surface area contributed by atoms with Gasteiger partial charge in [0.25, 0.3) is 5.91 Å². The van der Waals surface area contributed by atoms with Gasteiger partial charge in [0.15, 0.2) is 0 Å². The third-order valence-corrected chi connectivity index (χ3v) is 6.42. The minimum Gasteiger partial charge on any atom is -0.372 e. The summed E-state index contributed by atoms with van der Waals surface area (Å²) in [5.41, 5.74) is -0.989. The topological polar surface area (TPSA) is 110 Å². The lowest BCUT2D eigenvalue weighted by Gasteiger charge is -2.33. The highest BCUT2D eigenvalue weighted by Crippen LogP contribution is 2.35. The maximum atomic E-state index is 13.8. The molecule has 3 rings (SSSR count). The normalized spacial score (nSPS) is 15.1. The maximum Gasteiger partial charge on any atom is 0.451 e. The molecule has 1 aromatic carbocycles. The van der Waals surface area contributed by atoms with Gasteiger partial charge >= 0.3 is 12.4 Å². The van der Waals surface area contributed by atoms with Crippen LogP contribution in [0.5, 0.6) is 0 Å². The second-order valence-corrected chi connectivity index (χ2v) is 9.85. The van der Waals surface area contributed by atoms with Crippen LogP contribution in [-0.4, -0.2) is 77.9 Å². The Balaban J connectivity index is 1.64. The number of benzene rings is 1. The van der Waals surface area contributed by atoms with Crippen LogP contribution < -0.4 is 10.6 Å². The summed E-state index contributed by atoms with van der Waals surface area (Å²) in [4.78, 5) is 27.2. The van der Waals surface area contributed by atoms with Gasteiger partial charge in [0, 0.05) is 75.2 Å². The van der Waals surface area contributed by atoms with Gasteiger partial charge in [0.1, 0.15) is 11.5 Å². The first-order chi connectivity index (χ1) is 20.6. The fourth-order valence-corrected chi connectivity index (χ4v) is 3.96. The van der Waals surface area contributed by atoms with Gasteiger partial charge in [0.2, 0.25) is 5.82 Å². The molecule has 0 unspecified atom stereocenters. The van der Waals surface area contributed by atoms with Gasteiger partial charge in [0.05, 0.1) is 11.1 Å². The van der Waals surface area contributed by atoms with Crippen LogP contribution in [0.4, 0.5) is 37.8 Å². The Bertz CT molecular complexity index is 1530. The third-order valence-electron chi connectivity index (χ3n) is 6.42. The van der Waals surface area contributed by atoms with E-state index in [1.54, 1.807) is 0 Å². The molecule has 0 spiro atoms. The number of amides is 1. The molecule has 2 heterocycles. The van der Waals surface area contributed by atoms with Crippen molar-refractivity contribution in [2.45, 2.75) is 25.8 Å². The monoisotopic (exact) mass is 620 g/mol. The molecule has 1 aromatic heterocycles. The minimum atomic E-state index is -4.76. The molecule has 1 aliphatic rings. The first-order valence-electron chi connectivity index (χ1n) is 13.1. The molecule has 0 saturated carbocycles. The van der Waals surface area contributed by atoms with E-state index in [1.165, 1.54) is 32.3 Å². The summed E-state index contributed by atoms with van der Waals surface area (Å²) in [5.74, 6) is 2.65. The molecule has 3 N–H and O–H groups in total. The summed E-state index contributed by atoms with van der Waals surface area (Å²) in [5, 5.41) is 13.0. The number of halogens is 6. The number of piperazine rings is 1. The molecule has 0 atom stereocenters. The summed E-state index contributed by atoms with van der Waals surface area (Å²) in [6.07, 6.45) is -6.20. The highest BCUT2D eigenvalue weighted by atomic mass is 19.4. The largest absolute Gasteiger partial charge is 0.451 e. The number of nitrogens with zero attached hydrogens (tertiary/aromatic N) is 5.